The van der Waals surface area contributed by atoms with E-state index in [1.807, 2.05) is 6.07 Å². The van der Waals surface area contributed by atoms with Gasteiger partial charge in [0.2, 0.25) is 0 Å². The molecule has 2 aromatic heterocycles. The van der Waals surface area contributed by atoms with Crippen LogP contribution in [0.1, 0.15) is 35.8 Å². The first-order chi connectivity index (χ1) is 14.0. The number of carbonyl (C=O) groups is 1. The highest BCUT2D eigenvalue weighted by Gasteiger charge is 2.75. The Labute approximate surface area is 165 Å². The first-order valence-corrected chi connectivity index (χ1v) is 9.62. The molecule has 1 amide bonds. The molecule has 0 bridgehead atoms. The van der Waals surface area contributed by atoms with Gasteiger partial charge >= 0.3 is 0 Å². The Kier molecular flexibility index (Phi) is 3.28. The highest BCUT2D eigenvalue weighted by Crippen LogP contribution is 2.65. The predicted molar refractivity (Wildman–Crippen MR) is 101 cm³/mol. The highest BCUT2D eigenvalue weighted by molar-refractivity contribution is 6.06. The van der Waals surface area contributed by atoms with Gasteiger partial charge in [0.25, 0.3) is 5.91 Å². The number of imidazole rings is 1. The normalized spacial score (nSPS) is 34.8. The number of amides is 1. The van der Waals surface area contributed by atoms with E-state index in [0.29, 0.717) is 41.8 Å². The van der Waals surface area contributed by atoms with Crippen LogP contribution in [0.25, 0.3) is 11.2 Å². The maximum atomic E-state index is 12.5. The zero-order valence-electron chi connectivity index (χ0n) is 15.4. The minimum Gasteiger partial charge on any atom is -0.387 e. The molecule has 0 spiro atoms. The van der Waals surface area contributed by atoms with E-state index in [1.54, 1.807) is 35.2 Å². The first-order valence-electron chi connectivity index (χ1n) is 9.62. The van der Waals surface area contributed by atoms with E-state index >= 15 is 0 Å². The molecule has 3 aromatic rings. The van der Waals surface area contributed by atoms with Gasteiger partial charge in [0.1, 0.15) is 18.7 Å². The molecule has 3 fully saturated rings. The average molecular weight is 393 g/mol. The van der Waals surface area contributed by atoms with E-state index in [4.69, 9.17) is 4.74 Å². The second-order valence-corrected chi connectivity index (χ2v) is 8.24. The van der Waals surface area contributed by atoms with Crippen molar-refractivity contribution in [3.63, 3.8) is 0 Å². The van der Waals surface area contributed by atoms with Crippen LogP contribution in [0.2, 0.25) is 0 Å². The smallest absolute Gasteiger partial charge is 0.256 e. The number of benzene rings is 1. The van der Waals surface area contributed by atoms with E-state index in [-0.39, 0.29) is 11.8 Å². The molecule has 3 heterocycles. The molecule has 148 valence electrons. The zero-order valence-corrected chi connectivity index (χ0v) is 15.4. The van der Waals surface area contributed by atoms with Crippen molar-refractivity contribution in [2.24, 2.45) is 5.92 Å². The van der Waals surface area contributed by atoms with Crippen molar-refractivity contribution in [2.75, 3.05) is 5.32 Å². The van der Waals surface area contributed by atoms with Crippen molar-refractivity contribution in [3.8, 4) is 0 Å². The number of nitrogens with zero attached hydrogens (tertiary/aromatic N) is 4. The SMILES string of the molecule is O=C(Nc1ncnc2c1ncn2[C@H]1C[C@@]2(O)C[C@@H]3C[C@]3(O)[C@H]2O1)c1ccccc1. The third kappa shape index (κ3) is 2.38. The number of fused-ring (bicyclic) bond motifs is 4. The number of anilines is 1. The summed E-state index contributed by atoms with van der Waals surface area (Å²) < 4.78 is 7.79. The molecule has 2 saturated carbocycles. The van der Waals surface area contributed by atoms with Gasteiger partial charge in [0.15, 0.2) is 17.0 Å². The van der Waals surface area contributed by atoms with E-state index in [0.717, 1.165) is 0 Å². The van der Waals surface area contributed by atoms with Gasteiger partial charge in [-0.05, 0) is 30.9 Å². The molecule has 3 N–H and O–H groups in total. The Morgan fingerprint density at radius 2 is 1.97 bits per heavy atom. The number of aromatic nitrogens is 4. The third-order valence-electron chi connectivity index (χ3n) is 6.42. The molecule has 6 rings (SSSR count). The van der Waals surface area contributed by atoms with Crippen LogP contribution in [0.5, 0.6) is 0 Å². The molecule has 1 saturated heterocycles. The number of aliphatic hydroxyl groups is 2. The van der Waals surface area contributed by atoms with Crippen molar-refractivity contribution < 1.29 is 19.7 Å². The van der Waals surface area contributed by atoms with E-state index in [9.17, 15) is 15.0 Å². The number of rotatable bonds is 3. The molecular formula is C20H19N5O4. The first kappa shape index (κ1) is 17.0. The lowest BCUT2D eigenvalue weighted by atomic mass is 9.92. The van der Waals surface area contributed by atoms with Crippen molar-refractivity contribution in [1.29, 1.82) is 0 Å². The Balaban J connectivity index is 1.31. The van der Waals surface area contributed by atoms with Crippen LogP contribution >= 0.6 is 0 Å². The van der Waals surface area contributed by atoms with Crippen molar-refractivity contribution >= 4 is 22.9 Å². The Morgan fingerprint density at radius 3 is 2.76 bits per heavy atom. The second kappa shape index (κ2) is 5.59. The predicted octanol–water partition coefficient (Wildman–Crippen LogP) is 1.25. The minimum atomic E-state index is -1.03. The van der Waals surface area contributed by atoms with E-state index in [1.165, 1.54) is 6.33 Å². The summed E-state index contributed by atoms with van der Waals surface area (Å²) in [7, 11) is 0. The summed E-state index contributed by atoms with van der Waals surface area (Å²) in [5.74, 6) is 0.142. The van der Waals surface area contributed by atoms with Gasteiger partial charge < -0.3 is 20.3 Å². The van der Waals surface area contributed by atoms with Crippen LogP contribution in [0.4, 0.5) is 5.82 Å². The number of nitrogens with one attached hydrogen (secondary N) is 1. The summed E-state index contributed by atoms with van der Waals surface area (Å²) in [6.45, 7) is 0. The summed E-state index contributed by atoms with van der Waals surface area (Å²) in [5, 5.41) is 24.3. The maximum Gasteiger partial charge on any atom is 0.256 e. The van der Waals surface area contributed by atoms with Gasteiger partial charge in [-0.1, -0.05) is 18.2 Å². The number of hydrogen-bond acceptors (Lipinski definition) is 7. The highest BCUT2D eigenvalue weighted by atomic mass is 16.6. The fourth-order valence-corrected chi connectivity index (χ4v) is 4.93. The fraction of sp³-hybridized carbons (Fsp3) is 0.400. The Morgan fingerprint density at radius 1 is 1.14 bits per heavy atom. The molecule has 2 aliphatic carbocycles. The summed E-state index contributed by atoms with van der Waals surface area (Å²) in [6, 6.07) is 8.85. The van der Waals surface area contributed by atoms with Gasteiger partial charge in [-0.2, -0.15) is 0 Å². The van der Waals surface area contributed by atoms with Crippen molar-refractivity contribution in [2.45, 2.75) is 42.8 Å². The van der Waals surface area contributed by atoms with Crippen LogP contribution < -0.4 is 5.32 Å². The van der Waals surface area contributed by atoms with Crippen LogP contribution in [-0.4, -0.2) is 52.9 Å². The topological polar surface area (TPSA) is 122 Å². The molecule has 9 nitrogen and oxygen atoms in total. The summed E-state index contributed by atoms with van der Waals surface area (Å²) >= 11 is 0. The lowest BCUT2D eigenvalue weighted by Crippen LogP contribution is -2.41. The molecule has 29 heavy (non-hydrogen) atoms. The van der Waals surface area contributed by atoms with Crippen LogP contribution in [0.15, 0.2) is 43.0 Å². The minimum absolute atomic E-state index is 0.125. The molecule has 1 aromatic carbocycles. The Hall–Kier alpha value is -2.88. The summed E-state index contributed by atoms with van der Waals surface area (Å²) in [6.07, 6.45) is 3.42. The van der Waals surface area contributed by atoms with Crippen molar-refractivity contribution in [3.05, 3.63) is 48.5 Å². The molecule has 3 aliphatic rings. The zero-order chi connectivity index (χ0) is 19.8. The molecule has 0 radical (unpaired) electrons. The van der Waals surface area contributed by atoms with E-state index < -0.39 is 23.5 Å². The number of carbonyl (C=O) groups excluding carboxylic acids is 1. The van der Waals surface area contributed by atoms with E-state index in [2.05, 4.69) is 20.3 Å². The van der Waals surface area contributed by atoms with Gasteiger partial charge in [-0.25, -0.2) is 15.0 Å². The largest absolute Gasteiger partial charge is 0.387 e. The lowest BCUT2D eigenvalue weighted by Gasteiger charge is -2.24. The maximum absolute atomic E-state index is 12.5. The van der Waals surface area contributed by atoms with Crippen LogP contribution in [-0.2, 0) is 4.74 Å². The second-order valence-electron chi connectivity index (χ2n) is 8.24. The monoisotopic (exact) mass is 393 g/mol. The molecule has 9 heteroatoms. The van der Waals surface area contributed by atoms with Crippen LogP contribution in [0.3, 0.4) is 0 Å². The quantitative estimate of drug-likeness (QED) is 0.612. The standard InChI is InChI=1S/C20H19N5O4/c26-17(11-4-2-1-3-5-11)24-15-14-16(22-9-21-15)25(10-23-14)13-8-19(27)6-12-7-20(12,28)18(19)29-13/h1-5,9-10,12-13,18,27-28H,6-8H2,(H,21,22,24,26)/t12-,13-,18+,19+,20-/m1/s1. The van der Waals surface area contributed by atoms with Gasteiger partial charge in [0, 0.05) is 12.0 Å². The average Bonchev–Trinajstić information content (AvgIpc) is 3.02. The van der Waals surface area contributed by atoms with Gasteiger partial charge in [-0.15, -0.1) is 0 Å². The number of ether oxygens (including phenoxy) is 1. The lowest BCUT2D eigenvalue weighted by molar-refractivity contribution is -0.106. The number of hydrogen-bond donors (Lipinski definition) is 3. The van der Waals surface area contributed by atoms with Crippen molar-refractivity contribution in [1.82, 2.24) is 19.5 Å². The molecule has 5 atom stereocenters. The fourth-order valence-electron chi connectivity index (χ4n) is 4.93. The summed E-state index contributed by atoms with van der Waals surface area (Å²) in [4.78, 5) is 25.3. The Bertz CT molecular complexity index is 1130. The molecule has 0 unspecified atom stereocenters. The van der Waals surface area contributed by atoms with Gasteiger partial charge in [-0.3, -0.25) is 9.36 Å². The van der Waals surface area contributed by atoms with Crippen LogP contribution in [0, 0.1) is 5.92 Å². The van der Waals surface area contributed by atoms with Gasteiger partial charge in [0.05, 0.1) is 17.5 Å². The summed E-state index contributed by atoms with van der Waals surface area (Å²) in [5.41, 5.74) is -0.496. The molecular weight excluding hydrogens is 374 g/mol. The third-order valence-corrected chi connectivity index (χ3v) is 6.42. The molecule has 1 aliphatic heterocycles.